The number of tetrazole rings is 1. The van der Waals surface area contributed by atoms with Gasteiger partial charge >= 0.3 is 0 Å². The van der Waals surface area contributed by atoms with Gasteiger partial charge in [-0.2, -0.15) is 5.10 Å². The van der Waals surface area contributed by atoms with Crippen LogP contribution < -0.4 is 5.32 Å². The minimum absolute atomic E-state index is 0.720. The first-order valence-electron chi connectivity index (χ1n) is 4.25. The minimum Gasteiger partial charge on any atom is -0.382 e. The number of aryl methyl sites for hydroxylation is 1. The van der Waals surface area contributed by atoms with Crippen molar-refractivity contribution >= 4 is 11.3 Å². The van der Waals surface area contributed by atoms with Gasteiger partial charge in [0.15, 0.2) is 0 Å². The lowest BCUT2D eigenvalue weighted by atomic mass is 10.1. The van der Waals surface area contributed by atoms with E-state index in [4.69, 9.17) is 0 Å². The molecular weight excluding hydrogens is 168 g/mol. The molecule has 1 N–H and O–H groups in total. The Morgan fingerprint density at radius 1 is 1.46 bits per heavy atom. The molecule has 0 atom stereocenters. The molecule has 0 unspecified atom stereocenters. The summed E-state index contributed by atoms with van der Waals surface area (Å²) < 4.78 is 1.44. The van der Waals surface area contributed by atoms with Gasteiger partial charge in [-0.05, 0) is 28.8 Å². The topological polar surface area (TPSA) is 68.0 Å². The van der Waals surface area contributed by atoms with Crippen LogP contribution in [0.3, 0.4) is 0 Å². The van der Waals surface area contributed by atoms with Crippen molar-refractivity contribution in [3.8, 4) is 0 Å². The lowest BCUT2D eigenvalue weighted by Gasteiger charge is -2.16. The van der Waals surface area contributed by atoms with Crippen LogP contribution in [0.25, 0.3) is 5.65 Å². The van der Waals surface area contributed by atoms with Crippen LogP contribution in [-0.2, 0) is 6.42 Å². The number of nitrogens with zero attached hydrogens (tertiary/aromatic N) is 5. The number of rotatable bonds is 0. The second-order valence-electron chi connectivity index (χ2n) is 3.07. The second-order valence-corrected chi connectivity index (χ2v) is 3.07. The van der Waals surface area contributed by atoms with Crippen LogP contribution in [0, 0.1) is 0 Å². The standard InChI is InChI=1S/C7H8N6/c1-2-5-4-9-13-7(10-11-12-13)6(5)8-3-1/h4,8H,1-3H2. The molecule has 6 heteroatoms. The molecule has 0 saturated heterocycles. The van der Waals surface area contributed by atoms with Crippen molar-refractivity contribution in [2.45, 2.75) is 12.8 Å². The first-order chi connectivity index (χ1) is 6.45. The van der Waals surface area contributed by atoms with Crippen LogP contribution in [0.5, 0.6) is 0 Å². The van der Waals surface area contributed by atoms with Gasteiger partial charge in [0.2, 0.25) is 5.65 Å². The van der Waals surface area contributed by atoms with E-state index in [2.05, 4.69) is 25.9 Å². The van der Waals surface area contributed by atoms with Crippen molar-refractivity contribution in [3.63, 3.8) is 0 Å². The molecule has 0 amide bonds. The molecule has 3 rings (SSSR count). The Kier molecular flexibility index (Phi) is 1.24. The predicted octanol–water partition coefficient (Wildman–Crippen LogP) is -0.123. The van der Waals surface area contributed by atoms with Gasteiger partial charge in [0.25, 0.3) is 0 Å². The molecule has 66 valence electrons. The number of hydrogen-bond donors (Lipinski definition) is 1. The first-order valence-corrected chi connectivity index (χ1v) is 4.25. The quantitative estimate of drug-likeness (QED) is 0.606. The summed E-state index contributed by atoms with van der Waals surface area (Å²) >= 11 is 0. The van der Waals surface area contributed by atoms with Crippen LogP contribution in [0.2, 0.25) is 0 Å². The Hall–Kier alpha value is -1.72. The molecule has 2 aromatic rings. The van der Waals surface area contributed by atoms with Crippen LogP contribution in [0.4, 0.5) is 5.69 Å². The van der Waals surface area contributed by atoms with E-state index in [1.54, 1.807) is 0 Å². The zero-order valence-electron chi connectivity index (χ0n) is 6.93. The van der Waals surface area contributed by atoms with E-state index < -0.39 is 0 Å². The van der Waals surface area contributed by atoms with E-state index >= 15 is 0 Å². The van der Waals surface area contributed by atoms with E-state index in [0.717, 1.165) is 30.7 Å². The summed E-state index contributed by atoms with van der Waals surface area (Å²) in [4.78, 5) is 0. The highest BCUT2D eigenvalue weighted by Crippen LogP contribution is 2.23. The van der Waals surface area contributed by atoms with E-state index in [9.17, 15) is 0 Å². The number of hydrogen-bond acceptors (Lipinski definition) is 5. The number of aromatic nitrogens is 5. The monoisotopic (exact) mass is 176 g/mol. The molecule has 0 spiro atoms. The van der Waals surface area contributed by atoms with E-state index in [-0.39, 0.29) is 0 Å². The molecule has 0 bridgehead atoms. The lowest BCUT2D eigenvalue weighted by molar-refractivity contribution is 0.720. The molecule has 0 fully saturated rings. The molecule has 0 aliphatic carbocycles. The summed E-state index contributed by atoms with van der Waals surface area (Å²) in [6.45, 7) is 0.986. The highest BCUT2D eigenvalue weighted by molar-refractivity contribution is 5.70. The van der Waals surface area contributed by atoms with Crippen LogP contribution in [0.1, 0.15) is 12.0 Å². The summed E-state index contributed by atoms with van der Waals surface area (Å²) in [6.07, 6.45) is 4.02. The van der Waals surface area contributed by atoms with E-state index in [0.29, 0.717) is 0 Å². The normalized spacial score (nSPS) is 15.4. The summed E-state index contributed by atoms with van der Waals surface area (Å²) in [5.41, 5.74) is 2.96. The Morgan fingerprint density at radius 3 is 3.46 bits per heavy atom. The van der Waals surface area contributed by atoms with Crippen molar-refractivity contribution in [3.05, 3.63) is 11.8 Å². The molecule has 6 nitrogen and oxygen atoms in total. The molecule has 3 heterocycles. The van der Waals surface area contributed by atoms with Gasteiger partial charge in [0.05, 0.1) is 11.9 Å². The Bertz CT molecular complexity index is 447. The average Bonchev–Trinajstić information content (AvgIpc) is 2.65. The van der Waals surface area contributed by atoms with E-state index in [1.165, 1.54) is 10.2 Å². The van der Waals surface area contributed by atoms with Gasteiger partial charge in [-0.15, -0.1) is 9.73 Å². The highest BCUT2D eigenvalue weighted by Gasteiger charge is 2.14. The highest BCUT2D eigenvalue weighted by atomic mass is 15.6. The summed E-state index contributed by atoms with van der Waals surface area (Å²) in [7, 11) is 0. The molecule has 2 aromatic heterocycles. The van der Waals surface area contributed by atoms with Crippen LogP contribution in [0.15, 0.2) is 6.20 Å². The van der Waals surface area contributed by atoms with Gasteiger partial charge < -0.3 is 5.32 Å². The maximum Gasteiger partial charge on any atom is 0.223 e. The van der Waals surface area contributed by atoms with Crippen LogP contribution in [-0.4, -0.2) is 31.8 Å². The summed E-state index contributed by atoms with van der Waals surface area (Å²) in [5.74, 6) is 0. The molecule has 1 aliphatic heterocycles. The Morgan fingerprint density at radius 2 is 2.46 bits per heavy atom. The van der Waals surface area contributed by atoms with Crippen molar-refractivity contribution in [2.24, 2.45) is 0 Å². The predicted molar refractivity (Wildman–Crippen MR) is 45.4 cm³/mol. The number of nitrogens with one attached hydrogen (secondary N) is 1. The largest absolute Gasteiger partial charge is 0.382 e. The second kappa shape index (κ2) is 2.38. The molecule has 0 saturated carbocycles. The molecule has 0 aromatic carbocycles. The Labute approximate surface area is 73.9 Å². The SMILES string of the molecule is c1nn2nnnc2c2c1CCCN2. The fourth-order valence-electron chi connectivity index (χ4n) is 1.62. The van der Waals surface area contributed by atoms with Crippen molar-refractivity contribution in [1.29, 1.82) is 0 Å². The third-order valence-corrected chi connectivity index (χ3v) is 2.25. The molecule has 13 heavy (non-hydrogen) atoms. The smallest absolute Gasteiger partial charge is 0.223 e. The van der Waals surface area contributed by atoms with Gasteiger partial charge in [0, 0.05) is 6.54 Å². The summed E-state index contributed by atoms with van der Waals surface area (Å²) in [5, 5.41) is 18.6. The third kappa shape index (κ3) is 0.881. The van der Waals surface area contributed by atoms with Crippen LogP contribution >= 0.6 is 0 Å². The molecular formula is C7H8N6. The zero-order chi connectivity index (χ0) is 8.67. The fraction of sp³-hybridized carbons (Fsp3) is 0.429. The van der Waals surface area contributed by atoms with Crippen molar-refractivity contribution < 1.29 is 0 Å². The zero-order valence-corrected chi connectivity index (χ0v) is 6.93. The Balaban J connectivity index is 2.34. The minimum atomic E-state index is 0.720. The maximum absolute atomic E-state index is 4.10. The van der Waals surface area contributed by atoms with Gasteiger partial charge in [0.1, 0.15) is 0 Å². The molecule has 0 radical (unpaired) electrons. The number of anilines is 1. The molecule has 1 aliphatic rings. The van der Waals surface area contributed by atoms with Gasteiger partial charge in [-0.3, -0.25) is 0 Å². The first kappa shape index (κ1) is 6.76. The van der Waals surface area contributed by atoms with Gasteiger partial charge in [-0.25, -0.2) is 0 Å². The third-order valence-electron chi connectivity index (χ3n) is 2.25. The van der Waals surface area contributed by atoms with Crippen molar-refractivity contribution in [1.82, 2.24) is 25.3 Å². The number of fused-ring (bicyclic) bond motifs is 3. The van der Waals surface area contributed by atoms with Crippen molar-refractivity contribution in [2.75, 3.05) is 11.9 Å². The van der Waals surface area contributed by atoms with Gasteiger partial charge in [-0.1, -0.05) is 0 Å². The average molecular weight is 176 g/mol. The summed E-state index contributed by atoms with van der Waals surface area (Å²) in [6, 6.07) is 0. The maximum atomic E-state index is 4.10. The lowest BCUT2D eigenvalue weighted by Crippen LogP contribution is -2.14. The van der Waals surface area contributed by atoms with E-state index in [1.807, 2.05) is 6.20 Å². The fourth-order valence-corrected chi connectivity index (χ4v) is 1.62.